The Balaban J connectivity index is 1.70. The second kappa shape index (κ2) is 11.6. The van der Waals surface area contributed by atoms with Crippen LogP contribution in [0, 0.1) is 0 Å². The van der Waals surface area contributed by atoms with Gasteiger partial charge in [-0.2, -0.15) is 0 Å². The van der Waals surface area contributed by atoms with E-state index >= 15 is 0 Å². The van der Waals surface area contributed by atoms with E-state index < -0.39 is 6.10 Å². The number of hydrogen-bond acceptors (Lipinski definition) is 4. The summed E-state index contributed by atoms with van der Waals surface area (Å²) in [7, 11) is 0. The number of carbonyl (C=O) groups is 2. The Labute approximate surface area is 160 Å². The van der Waals surface area contributed by atoms with Crippen LogP contribution in [0.2, 0.25) is 0 Å². The molecule has 0 radical (unpaired) electrons. The van der Waals surface area contributed by atoms with Crippen molar-refractivity contribution in [1.29, 1.82) is 0 Å². The largest absolute Gasteiger partial charge is 0.394 e. The van der Waals surface area contributed by atoms with Gasteiger partial charge in [-0.25, -0.2) is 4.79 Å². The van der Waals surface area contributed by atoms with Crippen LogP contribution in [0.3, 0.4) is 0 Å². The van der Waals surface area contributed by atoms with Crippen LogP contribution in [0.4, 0.5) is 4.79 Å². The van der Waals surface area contributed by atoms with Gasteiger partial charge in [0.1, 0.15) is 6.10 Å². The Morgan fingerprint density at radius 1 is 1.15 bits per heavy atom. The fourth-order valence-electron chi connectivity index (χ4n) is 3.17. The number of urea groups is 1. The molecule has 0 aliphatic carbocycles. The van der Waals surface area contributed by atoms with Gasteiger partial charge in [0.2, 0.25) is 5.91 Å². The minimum Gasteiger partial charge on any atom is -0.394 e. The van der Waals surface area contributed by atoms with E-state index in [1.807, 2.05) is 37.3 Å². The predicted octanol–water partition coefficient (Wildman–Crippen LogP) is 1.35. The monoisotopic (exact) mass is 377 g/mol. The highest BCUT2D eigenvalue weighted by Gasteiger charge is 2.32. The fourth-order valence-corrected chi connectivity index (χ4v) is 3.17. The second-order valence-electron chi connectivity index (χ2n) is 6.85. The average Bonchev–Trinajstić information content (AvgIpc) is 2.68. The van der Waals surface area contributed by atoms with Crippen LogP contribution in [0.1, 0.15) is 38.2 Å². The van der Waals surface area contributed by atoms with Crippen molar-refractivity contribution >= 4 is 11.9 Å². The number of ether oxygens (including phenoxy) is 1. The maximum absolute atomic E-state index is 12.1. The number of aliphatic hydroxyl groups is 1. The van der Waals surface area contributed by atoms with Crippen LogP contribution in [-0.4, -0.2) is 55.0 Å². The van der Waals surface area contributed by atoms with E-state index in [2.05, 4.69) is 16.0 Å². The van der Waals surface area contributed by atoms with Crippen molar-refractivity contribution in [3.8, 4) is 0 Å². The smallest absolute Gasteiger partial charge is 0.315 e. The molecule has 1 aromatic carbocycles. The first-order valence-corrected chi connectivity index (χ1v) is 9.73. The number of benzene rings is 1. The first-order valence-electron chi connectivity index (χ1n) is 9.73. The molecular formula is C20H31N3O4. The maximum Gasteiger partial charge on any atom is 0.315 e. The zero-order valence-electron chi connectivity index (χ0n) is 15.9. The van der Waals surface area contributed by atoms with Gasteiger partial charge in [0.05, 0.1) is 25.2 Å². The van der Waals surface area contributed by atoms with Gasteiger partial charge in [-0.3, -0.25) is 4.79 Å². The zero-order chi connectivity index (χ0) is 19.5. The maximum atomic E-state index is 12.1. The molecule has 1 fully saturated rings. The summed E-state index contributed by atoms with van der Waals surface area (Å²) in [5, 5.41) is 18.1. The van der Waals surface area contributed by atoms with Crippen molar-refractivity contribution in [1.82, 2.24) is 16.0 Å². The van der Waals surface area contributed by atoms with Crippen molar-refractivity contribution in [3.05, 3.63) is 35.9 Å². The number of rotatable bonds is 9. The summed E-state index contributed by atoms with van der Waals surface area (Å²) in [4.78, 5) is 23.9. The van der Waals surface area contributed by atoms with Gasteiger partial charge < -0.3 is 25.8 Å². The fraction of sp³-hybridized carbons (Fsp3) is 0.600. The molecule has 7 nitrogen and oxygen atoms in total. The first kappa shape index (κ1) is 21.2. The zero-order valence-corrected chi connectivity index (χ0v) is 15.9. The third-order valence-corrected chi connectivity index (χ3v) is 4.64. The molecule has 7 heteroatoms. The molecule has 1 saturated heterocycles. The lowest BCUT2D eigenvalue weighted by molar-refractivity contribution is -0.130. The van der Waals surface area contributed by atoms with Crippen molar-refractivity contribution in [3.63, 3.8) is 0 Å². The predicted molar refractivity (Wildman–Crippen MR) is 103 cm³/mol. The highest BCUT2D eigenvalue weighted by Crippen LogP contribution is 2.21. The number of aliphatic hydroxyl groups excluding tert-OH is 1. The third-order valence-electron chi connectivity index (χ3n) is 4.64. The Morgan fingerprint density at radius 3 is 2.63 bits per heavy atom. The Bertz CT molecular complexity index is 582. The Kier molecular flexibility index (Phi) is 9.07. The van der Waals surface area contributed by atoms with Crippen LogP contribution in [0.15, 0.2) is 30.3 Å². The lowest BCUT2D eigenvalue weighted by Gasteiger charge is -2.35. The van der Waals surface area contributed by atoms with E-state index in [9.17, 15) is 14.7 Å². The van der Waals surface area contributed by atoms with E-state index in [4.69, 9.17) is 4.74 Å². The SMILES string of the molecule is CCCNC(=O)N[C@@H]1CC[C@H](CC(=O)NCCc2ccccc2)O[C@@H]1CO. The molecule has 1 aliphatic rings. The van der Waals surface area contributed by atoms with Gasteiger partial charge in [0.15, 0.2) is 0 Å². The van der Waals surface area contributed by atoms with E-state index in [-0.39, 0.29) is 37.1 Å². The Hall–Kier alpha value is -2.12. The van der Waals surface area contributed by atoms with Crippen LogP contribution in [0.25, 0.3) is 0 Å². The van der Waals surface area contributed by atoms with Gasteiger partial charge in [0.25, 0.3) is 0 Å². The minimum absolute atomic E-state index is 0.0558. The number of nitrogens with one attached hydrogen (secondary N) is 3. The van der Waals surface area contributed by atoms with E-state index in [1.54, 1.807) is 0 Å². The first-order chi connectivity index (χ1) is 13.1. The summed E-state index contributed by atoms with van der Waals surface area (Å²) in [6, 6.07) is 9.50. The standard InChI is InChI=1S/C20H31N3O4/c1-2-11-22-20(26)23-17-9-8-16(27-18(17)14-24)13-19(25)21-12-10-15-6-4-3-5-7-15/h3-7,16-18,24H,2,8-14H2,1H3,(H,21,25)(H2,22,23,26)/t16-,17-,18-/m1/s1. The molecule has 0 saturated carbocycles. The highest BCUT2D eigenvalue weighted by molar-refractivity contribution is 5.76. The molecule has 0 unspecified atom stereocenters. The number of amides is 3. The molecule has 3 amide bonds. The summed E-state index contributed by atoms with van der Waals surface area (Å²) in [6.45, 7) is 2.98. The Morgan fingerprint density at radius 2 is 1.93 bits per heavy atom. The van der Waals surface area contributed by atoms with Gasteiger partial charge in [-0.1, -0.05) is 37.3 Å². The molecule has 4 N–H and O–H groups in total. The van der Waals surface area contributed by atoms with Crippen LogP contribution >= 0.6 is 0 Å². The molecule has 3 atom stereocenters. The van der Waals surface area contributed by atoms with Crippen molar-refractivity contribution in [2.45, 2.75) is 57.3 Å². The summed E-state index contributed by atoms with van der Waals surface area (Å²) in [6.07, 6.45) is 2.52. The molecule has 2 rings (SSSR count). The summed E-state index contributed by atoms with van der Waals surface area (Å²) in [5.74, 6) is -0.0558. The topological polar surface area (TPSA) is 99.7 Å². The second-order valence-corrected chi connectivity index (χ2v) is 6.85. The van der Waals surface area contributed by atoms with E-state index in [1.165, 1.54) is 5.56 Å². The summed E-state index contributed by atoms with van der Waals surface area (Å²) in [5.41, 5.74) is 1.18. The van der Waals surface area contributed by atoms with Crippen LogP contribution in [-0.2, 0) is 16.0 Å². The van der Waals surface area contributed by atoms with Gasteiger partial charge in [-0.15, -0.1) is 0 Å². The molecule has 150 valence electrons. The number of carbonyl (C=O) groups excluding carboxylic acids is 2. The van der Waals surface area contributed by atoms with Gasteiger partial charge in [-0.05, 0) is 31.2 Å². The number of hydrogen-bond donors (Lipinski definition) is 4. The lowest BCUT2D eigenvalue weighted by Crippen LogP contribution is -2.53. The van der Waals surface area contributed by atoms with Crippen molar-refractivity contribution in [2.75, 3.05) is 19.7 Å². The highest BCUT2D eigenvalue weighted by atomic mass is 16.5. The summed E-state index contributed by atoms with van der Waals surface area (Å²) < 4.78 is 5.84. The van der Waals surface area contributed by atoms with Crippen LogP contribution in [0.5, 0.6) is 0 Å². The van der Waals surface area contributed by atoms with E-state index in [0.717, 1.165) is 12.8 Å². The van der Waals surface area contributed by atoms with Crippen molar-refractivity contribution < 1.29 is 19.4 Å². The summed E-state index contributed by atoms with van der Waals surface area (Å²) >= 11 is 0. The van der Waals surface area contributed by atoms with Crippen LogP contribution < -0.4 is 16.0 Å². The molecule has 1 heterocycles. The van der Waals surface area contributed by atoms with Crippen molar-refractivity contribution in [2.24, 2.45) is 0 Å². The third kappa shape index (κ3) is 7.56. The normalized spacial score (nSPS) is 22.1. The molecule has 27 heavy (non-hydrogen) atoms. The molecule has 1 aliphatic heterocycles. The molecule has 0 spiro atoms. The van der Waals surface area contributed by atoms with Gasteiger partial charge in [0, 0.05) is 13.1 Å². The lowest BCUT2D eigenvalue weighted by atomic mass is 9.97. The minimum atomic E-state index is -0.492. The van der Waals surface area contributed by atoms with Gasteiger partial charge >= 0.3 is 6.03 Å². The van der Waals surface area contributed by atoms with E-state index in [0.29, 0.717) is 25.9 Å². The average molecular weight is 377 g/mol. The molecular weight excluding hydrogens is 346 g/mol. The quantitative estimate of drug-likeness (QED) is 0.522. The molecule has 0 aromatic heterocycles. The molecule has 1 aromatic rings. The molecule has 0 bridgehead atoms.